The van der Waals surface area contributed by atoms with Crippen LogP contribution in [-0.2, 0) is 4.74 Å². The molecular weight excluding hydrogens is 412 g/mol. The summed E-state index contributed by atoms with van der Waals surface area (Å²) in [5, 5.41) is 59.2. The number of carbonyl (C=O) groups excluding carboxylic acids is 1. The third kappa shape index (κ3) is 3.68. The average Bonchev–Trinajstić information content (AvgIpc) is 2.98. The third-order valence-corrected chi connectivity index (χ3v) is 5.44. The molecule has 2 aromatic rings. The quantitative estimate of drug-likeness (QED) is 0.377. The Morgan fingerprint density at radius 2 is 1.81 bits per heavy atom. The zero-order chi connectivity index (χ0) is 22.3. The fourth-order valence-electron chi connectivity index (χ4n) is 3.80. The topological polar surface area (TPSA) is 166 Å². The number of aliphatic hydroxyl groups excluding tert-OH is 4. The molecule has 166 valence electrons. The number of phenols is 2. The number of benzene rings is 2. The van der Waals surface area contributed by atoms with E-state index in [1.807, 2.05) is 0 Å². The standard InChI is InChI=1S/C21H22O10/c22-8-17-19(27)20(28)21(9-23,31-17)30-12-5-13(25)18-14(26)7-15(29-16(18)6-12)10-1-3-11(24)4-2-10/h1-6,15,17,19-20,22-25,27-28H,7-9H2/t15-,17+,19+,20-,21-/m0/s1. The number of hydrogen-bond donors (Lipinski definition) is 6. The van der Waals surface area contributed by atoms with E-state index in [1.165, 1.54) is 18.2 Å². The van der Waals surface area contributed by atoms with Crippen LogP contribution in [0, 0.1) is 0 Å². The Hall–Kier alpha value is -2.89. The fraction of sp³-hybridized carbons (Fsp3) is 0.381. The van der Waals surface area contributed by atoms with Crippen molar-refractivity contribution in [2.75, 3.05) is 13.2 Å². The van der Waals surface area contributed by atoms with Gasteiger partial charge in [-0.05, 0) is 17.7 Å². The Morgan fingerprint density at radius 3 is 2.42 bits per heavy atom. The summed E-state index contributed by atoms with van der Waals surface area (Å²) in [6, 6.07) is 8.54. The Kier molecular flexibility index (Phi) is 5.50. The first-order chi connectivity index (χ1) is 14.8. The maximum atomic E-state index is 12.6. The van der Waals surface area contributed by atoms with Gasteiger partial charge in [0.25, 0.3) is 5.79 Å². The molecule has 6 N–H and O–H groups in total. The predicted molar refractivity (Wildman–Crippen MR) is 103 cm³/mol. The van der Waals surface area contributed by atoms with Gasteiger partial charge in [-0.1, -0.05) is 12.1 Å². The minimum atomic E-state index is -2.09. The molecule has 0 radical (unpaired) electrons. The summed E-state index contributed by atoms with van der Waals surface area (Å²) in [5.41, 5.74) is 0.597. The lowest BCUT2D eigenvalue weighted by Crippen LogP contribution is -2.51. The molecule has 2 aliphatic rings. The number of carbonyl (C=O) groups is 1. The van der Waals surface area contributed by atoms with Crippen LogP contribution in [0.1, 0.15) is 28.4 Å². The van der Waals surface area contributed by atoms with Crippen molar-refractivity contribution in [3.63, 3.8) is 0 Å². The van der Waals surface area contributed by atoms with E-state index in [4.69, 9.17) is 14.2 Å². The molecule has 0 spiro atoms. The number of ether oxygens (including phenoxy) is 3. The summed E-state index contributed by atoms with van der Waals surface area (Å²) < 4.78 is 16.8. The van der Waals surface area contributed by atoms with E-state index < -0.39 is 49.2 Å². The number of ketones is 1. The molecular formula is C21H22O10. The van der Waals surface area contributed by atoms with Gasteiger partial charge in [0, 0.05) is 12.1 Å². The third-order valence-electron chi connectivity index (χ3n) is 5.44. The molecule has 0 unspecified atom stereocenters. The summed E-state index contributed by atoms with van der Waals surface area (Å²) in [6.45, 7) is -1.49. The molecule has 0 bridgehead atoms. The molecule has 0 aromatic heterocycles. The summed E-state index contributed by atoms with van der Waals surface area (Å²) in [5.74, 6) is -2.91. The summed E-state index contributed by atoms with van der Waals surface area (Å²) >= 11 is 0. The lowest BCUT2D eigenvalue weighted by atomic mass is 9.95. The van der Waals surface area contributed by atoms with E-state index in [0.717, 1.165) is 6.07 Å². The molecule has 4 rings (SSSR count). The number of rotatable bonds is 5. The highest BCUT2D eigenvalue weighted by atomic mass is 16.7. The average molecular weight is 434 g/mol. The van der Waals surface area contributed by atoms with Crippen LogP contribution in [0.3, 0.4) is 0 Å². The van der Waals surface area contributed by atoms with Crippen molar-refractivity contribution in [2.24, 2.45) is 0 Å². The first-order valence-electron chi connectivity index (χ1n) is 9.58. The van der Waals surface area contributed by atoms with E-state index in [9.17, 15) is 35.4 Å². The van der Waals surface area contributed by atoms with E-state index >= 15 is 0 Å². The van der Waals surface area contributed by atoms with Crippen LogP contribution in [0.4, 0.5) is 0 Å². The van der Waals surface area contributed by atoms with E-state index in [1.54, 1.807) is 12.1 Å². The molecule has 0 aliphatic carbocycles. The van der Waals surface area contributed by atoms with Gasteiger partial charge in [-0.2, -0.15) is 0 Å². The Morgan fingerprint density at radius 1 is 1.10 bits per heavy atom. The van der Waals surface area contributed by atoms with Gasteiger partial charge in [0.2, 0.25) is 0 Å². The molecule has 0 saturated carbocycles. The van der Waals surface area contributed by atoms with Crippen molar-refractivity contribution in [2.45, 2.75) is 36.6 Å². The Balaban J connectivity index is 1.65. The second-order valence-corrected chi connectivity index (χ2v) is 7.49. The maximum Gasteiger partial charge on any atom is 0.263 e. The monoisotopic (exact) mass is 434 g/mol. The first kappa shape index (κ1) is 21.3. The van der Waals surface area contributed by atoms with Crippen molar-refractivity contribution in [3.05, 3.63) is 47.5 Å². The predicted octanol–water partition coefficient (Wildman–Crippen LogP) is -0.0154. The summed E-state index contributed by atoms with van der Waals surface area (Å²) in [4.78, 5) is 12.6. The van der Waals surface area contributed by atoms with Crippen LogP contribution in [0.5, 0.6) is 23.0 Å². The molecule has 0 amide bonds. The largest absolute Gasteiger partial charge is 0.508 e. The SMILES string of the molecule is O=C1C[C@@H](c2ccc(O)cc2)Oc2cc(O[C@@]3(CO)O[C@H](CO)[C@@H](O)[C@@H]3O)cc(O)c21. The lowest BCUT2D eigenvalue weighted by molar-refractivity contribution is -0.230. The zero-order valence-corrected chi connectivity index (χ0v) is 16.2. The van der Waals surface area contributed by atoms with Crippen LogP contribution in [0.25, 0.3) is 0 Å². The van der Waals surface area contributed by atoms with Crippen LogP contribution < -0.4 is 9.47 Å². The van der Waals surface area contributed by atoms with Crippen molar-refractivity contribution in [1.82, 2.24) is 0 Å². The lowest BCUT2D eigenvalue weighted by Gasteiger charge is -2.32. The number of aliphatic hydroxyl groups is 4. The molecule has 2 aromatic carbocycles. The molecule has 10 nitrogen and oxygen atoms in total. The van der Waals surface area contributed by atoms with Gasteiger partial charge in [0.15, 0.2) is 5.78 Å². The van der Waals surface area contributed by atoms with Crippen molar-refractivity contribution in [3.8, 4) is 23.0 Å². The molecule has 2 heterocycles. The Labute approximate surface area is 176 Å². The van der Waals surface area contributed by atoms with Gasteiger partial charge >= 0.3 is 0 Å². The second kappa shape index (κ2) is 7.98. The number of aromatic hydroxyl groups is 2. The van der Waals surface area contributed by atoms with Crippen LogP contribution in [0.15, 0.2) is 36.4 Å². The minimum Gasteiger partial charge on any atom is -0.508 e. The molecule has 1 saturated heterocycles. The van der Waals surface area contributed by atoms with Crippen molar-refractivity contribution < 1.29 is 49.6 Å². The summed E-state index contributed by atoms with van der Waals surface area (Å²) in [6.07, 6.45) is -5.10. The minimum absolute atomic E-state index is 0.0177. The van der Waals surface area contributed by atoms with Gasteiger partial charge < -0.3 is 44.8 Å². The van der Waals surface area contributed by atoms with Crippen molar-refractivity contribution >= 4 is 5.78 Å². The highest BCUT2D eigenvalue weighted by Crippen LogP contribution is 2.43. The van der Waals surface area contributed by atoms with Gasteiger partial charge in [0.1, 0.15) is 59.6 Å². The van der Waals surface area contributed by atoms with Gasteiger partial charge in [-0.25, -0.2) is 0 Å². The molecule has 5 atom stereocenters. The van der Waals surface area contributed by atoms with Crippen LogP contribution >= 0.6 is 0 Å². The van der Waals surface area contributed by atoms with E-state index in [0.29, 0.717) is 5.56 Å². The highest BCUT2D eigenvalue weighted by molar-refractivity contribution is 6.02. The van der Waals surface area contributed by atoms with Gasteiger partial charge in [-0.15, -0.1) is 0 Å². The number of phenolic OH excluding ortho intramolecular Hbond substituents is 2. The Bertz CT molecular complexity index is 975. The molecule has 2 aliphatic heterocycles. The van der Waals surface area contributed by atoms with E-state index in [-0.39, 0.29) is 35.0 Å². The van der Waals surface area contributed by atoms with Gasteiger partial charge in [0.05, 0.1) is 13.0 Å². The number of fused-ring (bicyclic) bond motifs is 1. The zero-order valence-electron chi connectivity index (χ0n) is 16.2. The van der Waals surface area contributed by atoms with Crippen molar-refractivity contribution in [1.29, 1.82) is 0 Å². The first-order valence-corrected chi connectivity index (χ1v) is 9.58. The number of Topliss-reactive ketones (excluding diaryl/α,β-unsaturated/α-hetero) is 1. The normalized spacial score (nSPS) is 30.0. The smallest absolute Gasteiger partial charge is 0.263 e. The maximum absolute atomic E-state index is 12.6. The van der Waals surface area contributed by atoms with Gasteiger partial charge in [-0.3, -0.25) is 4.79 Å². The summed E-state index contributed by atoms with van der Waals surface area (Å²) in [7, 11) is 0. The van der Waals surface area contributed by atoms with Crippen LogP contribution in [-0.4, -0.2) is 73.7 Å². The fourth-order valence-corrected chi connectivity index (χ4v) is 3.80. The van der Waals surface area contributed by atoms with Crippen LogP contribution in [0.2, 0.25) is 0 Å². The number of hydrogen-bond acceptors (Lipinski definition) is 10. The second-order valence-electron chi connectivity index (χ2n) is 7.49. The molecule has 31 heavy (non-hydrogen) atoms. The molecule has 1 fully saturated rings. The molecule has 10 heteroatoms. The van der Waals surface area contributed by atoms with E-state index in [2.05, 4.69) is 0 Å². The highest BCUT2D eigenvalue weighted by Gasteiger charge is 2.56.